The highest BCUT2D eigenvalue weighted by Crippen LogP contribution is 2.51. The number of aliphatic hydroxyl groups is 1. The van der Waals surface area contributed by atoms with Crippen molar-refractivity contribution in [2.24, 2.45) is 11.3 Å². The zero-order chi connectivity index (χ0) is 18.9. The van der Waals surface area contributed by atoms with Gasteiger partial charge in [0.25, 0.3) is 0 Å². The van der Waals surface area contributed by atoms with Gasteiger partial charge in [0.15, 0.2) is 5.76 Å². The molecule has 4 rings (SSSR count). The fourth-order valence-corrected chi connectivity index (χ4v) is 4.22. The van der Waals surface area contributed by atoms with E-state index in [2.05, 4.69) is 23.9 Å². The Morgan fingerprint density at radius 2 is 1.78 bits per heavy atom. The Balaban J connectivity index is 1.46. The van der Waals surface area contributed by atoms with Crippen LogP contribution in [-0.4, -0.2) is 21.2 Å². The van der Waals surface area contributed by atoms with Crippen molar-refractivity contribution in [3.05, 3.63) is 65.8 Å². The Morgan fingerprint density at radius 3 is 2.26 bits per heavy atom. The van der Waals surface area contributed by atoms with Gasteiger partial charge in [0.05, 0.1) is 31.3 Å². The Morgan fingerprint density at radius 1 is 1.11 bits per heavy atom. The first-order valence-corrected chi connectivity index (χ1v) is 9.40. The molecule has 1 aliphatic rings. The third-order valence-corrected chi connectivity index (χ3v) is 5.96. The molecule has 6 nitrogen and oxygen atoms in total. The zero-order valence-electron chi connectivity index (χ0n) is 15.8. The molecule has 0 spiro atoms. The molecule has 1 aliphatic carbocycles. The Labute approximate surface area is 158 Å². The van der Waals surface area contributed by atoms with Crippen LogP contribution in [0.4, 0.5) is 0 Å². The van der Waals surface area contributed by atoms with Crippen LogP contribution in [-0.2, 0) is 26.1 Å². The lowest BCUT2D eigenvalue weighted by Crippen LogP contribution is -2.58. The van der Waals surface area contributed by atoms with Gasteiger partial charge in [0, 0.05) is 12.1 Å². The van der Waals surface area contributed by atoms with E-state index < -0.39 is 0 Å². The molecule has 1 saturated carbocycles. The molecule has 0 aromatic carbocycles. The molecule has 6 heteroatoms. The largest absolute Gasteiger partial charge is 0.468 e. The number of hydrogen-bond acceptors (Lipinski definition) is 6. The van der Waals surface area contributed by atoms with Crippen LogP contribution < -0.4 is 0 Å². The predicted molar refractivity (Wildman–Crippen MR) is 98.5 cm³/mol. The fourth-order valence-electron chi connectivity index (χ4n) is 4.22. The highest BCUT2D eigenvalue weighted by Gasteiger charge is 2.50. The maximum absolute atomic E-state index is 9.16. The highest BCUT2D eigenvalue weighted by molar-refractivity contribution is 5.12. The number of aromatic nitrogens is 1. The van der Waals surface area contributed by atoms with Crippen molar-refractivity contribution in [1.29, 1.82) is 0 Å². The molecule has 27 heavy (non-hydrogen) atoms. The van der Waals surface area contributed by atoms with E-state index in [0.717, 1.165) is 43.1 Å². The molecular weight excluding hydrogens is 344 g/mol. The monoisotopic (exact) mass is 370 g/mol. The van der Waals surface area contributed by atoms with Crippen LogP contribution in [0.3, 0.4) is 0 Å². The van der Waals surface area contributed by atoms with Crippen molar-refractivity contribution in [3.63, 3.8) is 0 Å². The average molecular weight is 370 g/mol. The summed E-state index contributed by atoms with van der Waals surface area (Å²) in [4.78, 5) is 2.44. The van der Waals surface area contributed by atoms with Crippen LogP contribution in [0.5, 0.6) is 0 Å². The van der Waals surface area contributed by atoms with Gasteiger partial charge in [0.1, 0.15) is 18.1 Å². The van der Waals surface area contributed by atoms with Crippen LogP contribution in [0.1, 0.15) is 43.2 Å². The first kappa shape index (κ1) is 18.1. The SMILES string of the molecule is CC1(C)C(Cc2cc(CO)on2)CC1N(Cc1ccco1)Cc1ccco1. The summed E-state index contributed by atoms with van der Waals surface area (Å²) in [6.45, 7) is 6.04. The molecule has 2 unspecified atom stereocenters. The molecule has 3 aromatic rings. The summed E-state index contributed by atoms with van der Waals surface area (Å²) < 4.78 is 16.3. The maximum atomic E-state index is 9.16. The van der Waals surface area contributed by atoms with Crippen molar-refractivity contribution >= 4 is 0 Å². The van der Waals surface area contributed by atoms with Crippen molar-refractivity contribution < 1.29 is 18.5 Å². The molecule has 1 N–H and O–H groups in total. The smallest absolute Gasteiger partial charge is 0.162 e. The van der Waals surface area contributed by atoms with E-state index in [0.29, 0.717) is 17.7 Å². The van der Waals surface area contributed by atoms with E-state index in [1.54, 1.807) is 12.5 Å². The molecule has 2 atom stereocenters. The lowest BCUT2D eigenvalue weighted by atomic mass is 9.56. The molecule has 0 saturated heterocycles. The summed E-state index contributed by atoms with van der Waals surface area (Å²) in [6, 6.07) is 10.2. The van der Waals surface area contributed by atoms with E-state index in [1.165, 1.54) is 0 Å². The molecule has 0 amide bonds. The third-order valence-electron chi connectivity index (χ3n) is 5.96. The van der Waals surface area contributed by atoms with Gasteiger partial charge in [-0.2, -0.15) is 0 Å². The van der Waals surface area contributed by atoms with E-state index >= 15 is 0 Å². The van der Waals surface area contributed by atoms with Crippen LogP contribution in [0.15, 0.2) is 56.2 Å². The summed E-state index contributed by atoms with van der Waals surface area (Å²) in [5.41, 5.74) is 1.04. The van der Waals surface area contributed by atoms with Crippen LogP contribution >= 0.6 is 0 Å². The quantitative estimate of drug-likeness (QED) is 0.646. The van der Waals surface area contributed by atoms with E-state index in [9.17, 15) is 0 Å². The van der Waals surface area contributed by atoms with E-state index in [1.807, 2.05) is 30.3 Å². The fraction of sp³-hybridized carbons (Fsp3) is 0.476. The highest BCUT2D eigenvalue weighted by atomic mass is 16.5. The number of rotatable bonds is 8. The maximum Gasteiger partial charge on any atom is 0.162 e. The summed E-state index contributed by atoms with van der Waals surface area (Å²) in [5.74, 6) is 2.96. The topological polar surface area (TPSA) is 75.8 Å². The van der Waals surface area contributed by atoms with Gasteiger partial charge in [0.2, 0.25) is 0 Å². The summed E-state index contributed by atoms with van der Waals surface area (Å²) in [7, 11) is 0. The molecule has 0 bridgehead atoms. The Kier molecular flexibility index (Phi) is 4.93. The van der Waals surface area contributed by atoms with Gasteiger partial charge in [-0.1, -0.05) is 19.0 Å². The molecule has 3 aromatic heterocycles. The van der Waals surface area contributed by atoms with Gasteiger partial charge in [-0.25, -0.2) is 0 Å². The Bertz CT molecular complexity index is 799. The van der Waals surface area contributed by atoms with Gasteiger partial charge in [-0.05, 0) is 48.4 Å². The minimum atomic E-state index is -0.107. The predicted octanol–water partition coefficient (Wildman–Crippen LogP) is 4.01. The average Bonchev–Trinajstić information content (AvgIpc) is 3.40. The summed E-state index contributed by atoms with van der Waals surface area (Å²) in [5, 5.41) is 13.2. The Hall–Kier alpha value is -2.31. The summed E-state index contributed by atoms with van der Waals surface area (Å²) in [6.07, 6.45) is 5.38. The van der Waals surface area contributed by atoms with E-state index in [4.69, 9.17) is 18.5 Å². The standard InChI is InChI=1S/C21H26N2O4/c1-21(2)15(9-16-11-19(14-24)27-22-16)10-20(21)23(12-17-5-3-7-25-17)13-18-6-4-8-26-18/h3-8,11,15,20,24H,9-10,12-14H2,1-2H3. The van der Waals surface area contributed by atoms with Gasteiger partial charge in [-0.15, -0.1) is 0 Å². The van der Waals surface area contributed by atoms with Gasteiger partial charge < -0.3 is 18.5 Å². The number of hydrogen-bond donors (Lipinski definition) is 1. The molecule has 0 radical (unpaired) electrons. The second kappa shape index (κ2) is 7.37. The van der Waals surface area contributed by atoms with Gasteiger partial charge >= 0.3 is 0 Å². The molecule has 144 valence electrons. The van der Waals surface area contributed by atoms with Gasteiger partial charge in [-0.3, -0.25) is 4.90 Å². The number of furan rings is 2. The minimum absolute atomic E-state index is 0.107. The van der Waals surface area contributed by atoms with Crippen LogP contribution in [0.2, 0.25) is 0 Å². The zero-order valence-corrected chi connectivity index (χ0v) is 15.8. The normalized spacial score (nSPS) is 21.5. The lowest BCUT2D eigenvalue weighted by Gasteiger charge is -2.56. The van der Waals surface area contributed by atoms with Crippen molar-refractivity contribution in [2.75, 3.05) is 0 Å². The van der Waals surface area contributed by atoms with Crippen molar-refractivity contribution in [3.8, 4) is 0 Å². The summed E-state index contributed by atoms with van der Waals surface area (Å²) >= 11 is 0. The second-order valence-electron chi connectivity index (χ2n) is 7.98. The second-order valence-corrected chi connectivity index (χ2v) is 7.98. The number of nitrogens with zero attached hydrogens (tertiary/aromatic N) is 2. The number of aliphatic hydroxyl groups excluding tert-OH is 1. The minimum Gasteiger partial charge on any atom is -0.468 e. The van der Waals surface area contributed by atoms with Crippen LogP contribution in [0.25, 0.3) is 0 Å². The lowest BCUT2D eigenvalue weighted by molar-refractivity contribution is -0.0751. The molecule has 3 heterocycles. The van der Waals surface area contributed by atoms with E-state index in [-0.39, 0.29) is 12.0 Å². The van der Waals surface area contributed by atoms with Crippen molar-refractivity contribution in [2.45, 2.75) is 52.4 Å². The van der Waals surface area contributed by atoms with Crippen LogP contribution in [0, 0.1) is 11.3 Å². The first-order chi connectivity index (χ1) is 13.1. The molecule has 1 fully saturated rings. The third kappa shape index (κ3) is 3.73. The first-order valence-electron chi connectivity index (χ1n) is 9.40. The molecular formula is C21H26N2O4. The molecule has 0 aliphatic heterocycles. The van der Waals surface area contributed by atoms with Crippen molar-refractivity contribution in [1.82, 2.24) is 10.1 Å².